The molecule has 5 heteroatoms. The highest BCUT2D eigenvalue weighted by atomic mass is 16.5. The standard InChI is InChI=1S/C13H25N3O2/c1-15(8-9-16-6-2-3-7-16)12(17)13(14)4-10-18-11-5-13/h2-11,14H2,1H3. The molecule has 2 fully saturated rings. The maximum absolute atomic E-state index is 12.4. The molecule has 2 aliphatic heterocycles. The number of carbonyl (C=O) groups excluding carboxylic acids is 1. The number of ether oxygens (including phenoxy) is 1. The minimum atomic E-state index is -0.696. The minimum absolute atomic E-state index is 0.0741. The molecule has 0 atom stereocenters. The van der Waals surface area contributed by atoms with Gasteiger partial charge in [0.25, 0.3) is 0 Å². The van der Waals surface area contributed by atoms with Crippen molar-refractivity contribution in [3.8, 4) is 0 Å². The van der Waals surface area contributed by atoms with E-state index in [1.807, 2.05) is 7.05 Å². The van der Waals surface area contributed by atoms with Gasteiger partial charge in [0, 0.05) is 33.4 Å². The van der Waals surface area contributed by atoms with E-state index in [0.717, 1.165) is 13.1 Å². The SMILES string of the molecule is CN(CCN1CCCC1)C(=O)C1(N)CCOCC1. The van der Waals surface area contributed by atoms with Crippen LogP contribution >= 0.6 is 0 Å². The minimum Gasteiger partial charge on any atom is -0.381 e. The van der Waals surface area contributed by atoms with Crippen LogP contribution in [0.5, 0.6) is 0 Å². The Morgan fingerprint density at radius 1 is 1.33 bits per heavy atom. The van der Waals surface area contributed by atoms with Gasteiger partial charge in [-0.2, -0.15) is 0 Å². The first-order valence-corrected chi connectivity index (χ1v) is 6.96. The average molecular weight is 255 g/mol. The molecule has 0 spiro atoms. The highest BCUT2D eigenvalue weighted by Crippen LogP contribution is 2.20. The molecule has 2 heterocycles. The van der Waals surface area contributed by atoms with Crippen molar-refractivity contribution >= 4 is 5.91 Å². The van der Waals surface area contributed by atoms with E-state index < -0.39 is 5.54 Å². The van der Waals surface area contributed by atoms with E-state index in [1.165, 1.54) is 25.9 Å². The number of hydrogen-bond donors (Lipinski definition) is 1. The summed E-state index contributed by atoms with van der Waals surface area (Å²) in [5, 5.41) is 0. The molecule has 2 N–H and O–H groups in total. The van der Waals surface area contributed by atoms with Crippen LogP contribution in [0.1, 0.15) is 25.7 Å². The van der Waals surface area contributed by atoms with E-state index >= 15 is 0 Å². The van der Waals surface area contributed by atoms with Gasteiger partial charge in [0.2, 0.25) is 5.91 Å². The number of carbonyl (C=O) groups is 1. The van der Waals surface area contributed by atoms with Crippen molar-refractivity contribution in [2.75, 3.05) is 46.4 Å². The zero-order chi connectivity index (χ0) is 13.0. The van der Waals surface area contributed by atoms with Crippen molar-refractivity contribution in [2.24, 2.45) is 5.73 Å². The Labute approximate surface area is 109 Å². The number of rotatable bonds is 4. The van der Waals surface area contributed by atoms with Crippen LogP contribution < -0.4 is 5.73 Å². The molecule has 0 unspecified atom stereocenters. The van der Waals surface area contributed by atoms with Crippen LogP contribution in [0, 0.1) is 0 Å². The zero-order valence-corrected chi connectivity index (χ0v) is 11.4. The molecule has 0 aromatic carbocycles. The van der Waals surface area contributed by atoms with Gasteiger partial charge in [-0.1, -0.05) is 0 Å². The van der Waals surface area contributed by atoms with E-state index in [9.17, 15) is 4.79 Å². The van der Waals surface area contributed by atoms with Crippen molar-refractivity contribution in [3.63, 3.8) is 0 Å². The van der Waals surface area contributed by atoms with Gasteiger partial charge in [0.05, 0.1) is 5.54 Å². The number of hydrogen-bond acceptors (Lipinski definition) is 4. The fourth-order valence-electron chi connectivity index (χ4n) is 2.73. The first-order chi connectivity index (χ1) is 8.62. The second-order valence-corrected chi connectivity index (χ2v) is 5.54. The van der Waals surface area contributed by atoms with Crippen molar-refractivity contribution in [1.82, 2.24) is 9.80 Å². The lowest BCUT2D eigenvalue weighted by Gasteiger charge is -2.35. The van der Waals surface area contributed by atoms with Crippen LogP contribution in [0.4, 0.5) is 0 Å². The average Bonchev–Trinajstić information content (AvgIpc) is 2.89. The van der Waals surface area contributed by atoms with Gasteiger partial charge >= 0.3 is 0 Å². The predicted molar refractivity (Wildman–Crippen MR) is 70.3 cm³/mol. The molecule has 104 valence electrons. The zero-order valence-electron chi connectivity index (χ0n) is 11.4. The second kappa shape index (κ2) is 5.99. The summed E-state index contributed by atoms with van der Waals surface area (Å²) in [5.74, 6) is 0.0741. The summed E-state index contributed by atoms with van der Waals surface area (Å²) in [6.07, 6.45) is 3.85. The summed E-state index contributed by atoms with van der Waals surface area (Å²) in [7, 11) is 1.86. The van der Waals surface area contributed by atoms with Gasteiger partial charge in [0.1, 0.15) is 0 Å². The third-order valence-electron chi connectivity index (χ3n) is 4.11. The van der Waals surface area contributed by atoms with Crippen LogP contribution in [0.15, 0.2) is 0 Å². The lowest BCUT2D eigenvalue weighted by atomic mass is 9.90. The molecule has 0 aromatic heterocycles. The highest BCUT2D eigenvalue weighted by molar-refractivity contribution is 5.86. The maximum atomic E-state index is 12.4. The first kappa shape index (κ1) is 13.8. The van der Waals surface area contributed by atoms with Gasteiger partial charge in [-0.05, 0) is 38.8 Å². The smallest absolute Gasteiger partial charge is 0.242 e. The Kier molecular flexibility index (Phi) is 4.59. The molecule has 0 radical (unpaired) electrons. The quantitative estimate of drug-likeness (QED) is 0.771. The third-order valence-corrected chi connectivity index (χ3v) is 4.11. The summed E-state index contributed by atoms with van der Waals surface area (Å²) in [4.78, 5) is 16.6. The summed E-state index contributed by atoms with van der Waals surface area (Å²) in [6, 6.07) is 0. The second-order valence-electron chi connectivity index (χ2n) is 5.54. The lowest BCUT2D eigenvalue weighted by molar-refractivity contribution is -0.139. The molecule has 2 rings (SSSR count). The molecular weight excluding hydrogens is 230 g/mol. The predicted octanol–water partition coefficient (Wildman–Crippen LogP) is 0.0485. The molecule has 0 aromatic rings. The van der Waals surface area contributed by atoms with Crippen molar-refractivity contribution in [1.29, 1.82) is 0 Å². The Bertz CT molecular complexity index is 284. The molecule has 0 saturated carbocycles. The first-order valence-electron chi connectivity index (χ1n) is 6.96. The van der Waals surface area contributed by atoms with E-state index in [2.05, 4.69) is 4.90 Å². The van der Waals surface area contributed by atoms with E-state index in [0.29, 0.717) is 26.1 Å². The van der Waals surface area contributed by atoms with Crippen molar-refractivity contribution in [2.45, 2.75) is 31.2 Å². The topological polar surface area (TPSA) is 58.8 Å². The molecule has 18 heavy (non-hydrogen) atoms. The molecule has 2 saturated heterocycles. The van der Waals surface area contributed by atoms with E-state index in [1.54, 1.807) is 4.90 Å². The Balaban J connectivity index is 1.79. The fraction of sp³-hybridized carbons (Fsp3) is 0.923. The molecule has 0 aliphatic carbocycles. The molecule has 2 aliphatic rings. The van der Waals surface area contributed by atoms with E-state index in [4.69, 9.17) is 10.5 Å². The third kappa shape index (κ3) is 3.22. The van der Waals surface area contributed by atoms with Gasteiger partial charge in [-0.3, -0.25) is 4.79 Å². The number of nitrogens with zero attached hydrogens (tertiary/aromatic N) is 2. The Morgan fingerprint density at radius 3 is 2.56 bits per heavy atom. The number of amides is 1. The molecule has 5 nitrogen and oxygen atoms in total. The maximum Gasteiger partial charge on any atom is 0.242 e. The van der Waals surface area contributed by atoms with E-state index in [-0.39, 0.29) is 5.91 Å². The number of nitrogens with two attached hydrogens (primary N) is 1. The summed E-state index contributed by atoms with van der Waals surface area (Å²) in [6.45, 7) is 5.28. The van der Waals surface area contributed by atoms with Crippen LogP contribution in [0.2, 0.25) is 0 Å². The van der Waals surface area contributed by atoms with Crippen LogP contribution in [-0.2, 0) is 9.53 Å². The van der Waals surface area contributed by atoms with Crippen LogP contribution in [-0.4, -0.2) is 67.7 Å². The fourth-order valence-corrected chi connectivity index (χ4v) is 2.73. The molecule has 1 amide bonds. The van der Waals surface area contributed by atoms with Crippen molar-refractivity contribution < 1.29 is 9.53 Å². The van der Waals surface area contributed by atoms with Gasteiger partial charge in [-0.25, -0.2) is 0 Å². The number of likely N-dealkylation sites (tertiary alicyclic amines) is 1. The Hall–Kier alpha value is -0.650. The largest absolute Gasteiger partial charge is 0.381 e. The lowest BCUT2D eigenvalue weighted by Crippen LogP contribution is -2.57. The van der Waals surface area contributed by atoms with Gasteiger partial charge in [0.15, 0.2) is 0 Å². The Morgan fingerprint density at radius 2 is 1.94 bits per heavy atom. The number of likely N-dealkylation sites (N-methyl/N-ethyl adjacent to an activating group) is 1. The van der Waals surface area contributed by atoms with Crippen LogP contribution in [0.25, 0.3) is 0 Å². The van der Waals surface area contributed by atoms with Gasteiger partial charge < -0.3 is 20.3 Å². The van der Waals surface area contributed by atoms with Gasteiger partial charge in [-0.15, -0.1) is 0 Å². The van der Waals surface area contributed by atoms with Crippen molar-refractivity contribution in [3.05, 3.63) is 0 Å². The molecule has 0 bridgehead atoms. The summed E-state index contributed by atoms with van der Waals surface area (Å²) >= 11 is 0. The van der Waals surface area contributed by atoms with Crippen LogP contribution in [0.3, 0.4) is 0 Å². The normalized spacial score (nSPS) is 24.1. The summed E-state index contributed by atoms with van der Waals surface area (Å²) in [5.41, 5.74) is 5.51. The monoisotopic (exact) mass is 255 g/mol. The molecular formula is C13H25N3O2. The summed E-state index contributed by atoms with van der Waals surface area (Å²) < 4.78 is 5.28. The highest BCUT2D eigenvalue weighted by Gasteiger charge is 2.37.